The van der Waals surface area contributed by atoms with Crippen molar-refractivity contribution < 1.29 is 14.3 Å². The number of fused-ring (bicyclic) bond motifs is 1. The van der Waals surface area contributed by atoms with Gasteiger partial charge in [-0.3, -0.25) is 4.79 Å². The fourth-order valence-electron chi connectivity index (χ4n) is 3.13. The molecule has 1 aliphatic heterocycles. The van der Waals surface area contributed by atoms with Crippen LogP contribution in [-0.2, 0) is 0 Å². The standard InChI is InChI=1S/C22H23N3O3/c1-15-13-23-25(14-15)19-7-4-17(5-8-19)22(26)24-16(2)18-6-9-20-21(12-18)28-11-3-10-27-20/h4-9,12-14,16H,3,10-11H2,1-2H3,(H,24,26). The largest absolute Gasteiger partial charge is 0.490 e. The van der Waals surface area contributed by atoms with E-state index in [2.05, 4.69) is 10.4 Å². The van der Waals surface area contributed by atoms with Gasteiger partial charge in [-0.05, 0) is 61.4 Å². The third kappa shape index (κ3) is 3.86. The van der Waals surface area contributed by atoms with Crippen molar-refractivity contribution in [2.45, 2.75) is 26.3 Å². The highest BCUT2D eigenvalue weighted by Crippen LogP contribution is 2.32. The van der Waals surface area contributed by atoms with E-state index in [1.807, 2.05) is 62.5 Å². The first-order valence-electron chi connectivity index (χ1n) is 9.42. The van der Waals surface area contributed by atoms with Gasteiger partial charge in [-0.1, -0.05) is 6.07 Å². The van der Waals surface area contributed by atoms with Gasteiger partial charge in [0.25, 0.3) is 5.91 Å². The molecule has 0 saturated carbocycles. The lowest BCUT2D eigenvalue weighted by Crippen LogP contribution is -2.26. The summed E-state index contributed by atoms with van der Waals surface area (Å²) >= 11 is 0. The Hall–Kier alpha value is -3.28. The zero-order valence-electron chi connectivity index (χ0n) is 16.0. The summed E-state index contributed by atoms with van der Waals surface area (Å²) in [7, 11) is 0. The molecule has 144 valence electrons. The molecular weight excluding hydrogens is 354 g/mol. The molecule has 1 aromatic heterocycles. The molecule has 3 aromatic rings. The molecule has 6 nitrogen and oxygen atoms in total. The van der Waals surface area contributed by atoms with E-state index < -0.39 is 0 Å². The molecule has 0 fully saturated rings. The van der Waals surface area contributed by atoms with Crippen LogP contribution in [0.5, 0.6) is 11.5 Å². The van der Waals surface area contributed by atoms with Crippen LogP contribution in [0.3, 0.4) is 0 Å². The highest BCUT2D eigenvalue weighted by atomic mass is 16.5. The van der Waals surface area contributed by atoms with Crippen LogP contribution in [0.15, 0.2) is 54.9 Å². The molecule has 0 radical (unpaired) electrons. The van der Waals surface area contributed by atoms with Gasteiger partial charge in [0, 0.05) is 18.2 Å². The van der Waals surface area contributed by atoms with E-state index in [0.717, 1.165) is 34.7 Å². The Morgan fingerprint density at radius 1 is 1.11 bits per heavy atom. The average Bonchev–Trinajstić information content (AvgIpc) is 3.00. The summed E-state index contributed by atoms with van der Waals surface area (Å²) in [6, 6.07) is 13.0. The first-order chi connectivity index (χ1) is 13.6. The maximum absolute atomic E-state index is 12.6. The highest BCUT2D eigenvalue weighted by Gasteiger charge is 2.16. The lowest BCUT2D eigenvalue weighted by Gasteiger charge is -2.16. The molecule has 28 heavy (non-hydrogen) atoms. The van der Waals surface area contributed by atoms with E-state index >= 15 is 0 Å². The predicted octanol–water partition coefficient (Wildman–Crippen LogP) is 3.83. The number of carbonyl (C=O) groups excluding carboxylic acids is 1. The van der Waals surface area contributed by atoms with Crippen LogP contribution in [0.25, 0.3) is 5.69 Å². The fourth-order valence-corrected chi connectivity index (χ4v) is 3.13. The Bertz CT molecular complexity index is 979. The number of rotatable bonds is 4. The second-order valence-electron chi connectivity index (χ2n) is 6.96. The van der Waals surface area contributed by atoms with E-state index in [4.69, 9.17) is 9.47 Å². The van der Waals surface area contributed by atoms with Crippen molar-refractivity contribution in [1.82, 2.24) is 15.1 Å². The average molecular weight is 377 g/mol. The monoisotopic (exact) mass is 377 g/mol. The van der Waals surface area contributed by atoms with Crippen LogP contribution in [0, 0.1) is 6.92 Å². The molecule has 1 aliphatic rings. The molecule has 0 aliphatic carbocycles. The lowest BCUT2D eigenvalue weighted by molar-refractivity contribution is 0.0940. The smallest absolute Gasteiger partial charge is 0.251 e. The number of ether oxygens (including phenoxy) is 2. The van der Waals surface area contributed by atoms with Crippen molar-refractivity contribution in [3.05, 3.63) is 71.5 Å². The topological polar surface area (TPSA) is 65.4 Å². The number of benzene rings is 2. The van der Waals surface area contributed by atoms with Crippen LogP contribution in [-0.4, -0.2) is 28.9 Å². The van der Waals surface area contributed by atoms with Crippen LogP contribution < -0.4 is 14.8 Å². The van der Waals surface area contributed by atoms with Crippen molar-refractivity contribution in [1.29, 1.82) is 0 Å². The summed E-state index contributed by atoms with van der Waals surface area (Å²) in [6.45, 7) is 5.25. The minimum atomic E-state index is -0.155. The first kappa shape index (κ1) is 18.1. The van der Waals surface area contributed by atoms with Crippen molar-refractivity contribution in [3.63, 3.8) is 0 Å². The van der Waals surface area contributed by atoms with E-state index in [-0.39, 0.29) is 11.9 Å². The molecular formula is C22H23N3O3. The zero-order valence-corrected chi connectivity index (χ0v) is 16.0. The number of nitrogens with zero attached hydrogens (tertiary/aromatic N) is 2. The highest BCUT2D eigenvalue weighted by molar-refractivity contribution is 5.94. The van der Waals surface area contributed by atoms with E-state index in [9.17, 15) is 4.79 Å². The normalized spacial score (nSPS) is 14.2. The molecule has 1 atom stereocenters. The minimum Gasteiger partial charge on any atom is -0.490 e. The number of amides is 1. The second-order valence-corrected chi connectivity index (χ2v) is 6.96. The van der Waals surface area contributed by atoms with Gasteiger partial charge >= 0.3 is 0 Å². The van der Waals surface area contributed by atoms with Gasteiger partial charge in [-0.25, -0.2) is 4.68 Å². The fraction of sp³-hybridized carbons (Fsp3) is 0.273. The van der Waals surface area contributed by atoms with Crippen LogP contribution in [0.1, 0.15) is 40.9 Å². The third-order valence-corrected chi connectivity index (χ3v) is 4.72. The Kier molecular flexibility index (Phi) is 5.02. The summed E-state index contributed by atoms with van der Waals surface area (Å²) in [5.41, 5.74) is 3.58. The van der Waals surface area contributed by atoms with Gasteiger partial charge in [-0.15, -0.1) is 0 Å². The maximum atomic E-state index is 12.6. The van der Waals surface area contributed by atoms with Gasteiger partial charge < -0.3 is 14.8 Å². The van der Waals surface area contributed by atoms with Crippen LogP contribution in [0.4, 0.5) is 0 Å². The van der Waals surface area contributed by atoms with Crippen molar-refractivity contribution in [2.24, 2.45) is 0 Å². The molecule has 1 amide bonds. The number of aromatic nitrogens is 2. The summed E-state index contributed by atoms with van der Waals surface area (Å²) < 4.78 is 13.2. The van der Waals surface area contributed by atoms with Crippen LogP contribution >= 0.6 is 0 Å². The van der Waals surface area contributed by atoms with Crippen molar-refractivity contribution in [2.75, 3.05) is 13.2 Å². The number of hydrogen-bond acceptors (Lipinski definition) is 4. The van der Waals surface area contributed by atoms with E-state index in [0.29, 0.717) is 18.8 Å². The van der Waals surface area contributed by atoms with Crippen molar-refractivity contribution >= 4 is 5.91 Å². The van der Waals surface area contributed by atoms with Gasteiger partial charge in [0.1, 0.15) is 0 Å². The summed E-state index contributed by atoms with van der Waals surface area (Å²) in [5.74, 6) is 1.36. The molecule has 1 unspecified atom stereocenters. The second kappa shape index (κ2) is 7.76. The van der Waals surface area contributed by atoms with Gasteiger partial charge in [0.2, 0.25) is 0 Å². The quantitative estimate of drug-likeness (QED) is 0.750. The Balaban J connectivity index is 1.45. The molecule has 4 rings (SSSR count). The van der Waals surface area contributed by atoms with Crippen LogP contribution in [0.2, 0.25) is 0 Å². The Morgan fingerprint density at radius 3 is 2.57 bits per heavy atom. The predicted molar refractivity (Wildman–Crippen MR) is 106 cm³/mol. The zero-order chi connectivity index (χ0) is 19.5. The number of aryl methyl sites for hydroxylation is 1. The summed E-state index contributed by atoms with van der Waals surface area (Å²) in [5, 5.41) is 7.32. The third-order valence-electron chi connectivity index (χ3n) is 4.72. The molecule has 2 aromatic carbocycles. The SMILES string of the molecule is Cc1cnn(-c2ccc(C(=O)NC(C)c3ccc4c(c3)OCCCO4)cc2)c1. The van der Waals surface area contributed by atoms with E-state index in [1.165, 1.54) is 0 Å². The number of nitrogens with one attached hydrogen (secondary N) is 1. The van der Waals surface area contributed by atoms with Gasteiger partial charge in [0.05, 0.1) is 31.1 Å². The molecule has 0 spiro atoms. The molecule has 6 heteroatoms. The molecule has 2 heterocycles. The van der Waals surface area contributed by atoms with E-state index in [1.54, 1.807) is 10.9 Å². The molecule has 0 saturated heterocycles. The maximum Gasteiger partial charge on any atom is 0.251 e. The molecule has 0 bridgehead atoms. The summed E-state index contributed by atoms with van der Waals surface area (Å²) in [6.07, 6.45) is 4.61. The van der Waals surface area contributed by atoms with Crippen molar-refractivity contribution in [3.8, 4) is 17.2 Å². The minimum absolute atomic E-state index is 0.122. The number of carbonyl (C=O) groups is 1. The van der Waals surface area contributed by atoms with Gasteiger partial charge in [-0.2, -0.15) is 5.10 Å². The molecule has 1 N–H and O–H groups in total. The number of hydrogen-bond donors (Lipinski definition) is 1. The summed E-state index contributed by atoms with van der Waals surface area (Å²) in [4.78, 5) is 12.6. The Labute approximate surface area is 164 Å². The lowest BCUT2D eigenvalue weighted by atomic mass is 10.1. The Morgan fingerprint density at radius 2 is 1.86 bits per heavy atom. The first-order valence-corrected chi connectivity index (χ1v) is 9.42. The van der Waals surface area contributed by atoms with Gasteiger partial charge in [0.15, 0.2) is 11.5 Å².